The minimum Gasteiger partial charge on any atom is -0.496 e. The number of likely N-dealkylation sites (tertiary alicyclic amines) is 1. The minimum absolute atomic E-state index is 0.0631. The average Bonchev–Trinajstić information content (AvgIpc) is 3.24. The van der Waals surface area contributed by atoms with Gasteiger partial charge in [0.2, 0.25) is 5.95 Å². The van der Waals surface area contributed by atoms with Gasteiger partial charge in [0.05, 0.1) is 35.7 Å². The number of methoxy groups -OCH3 is 1. The Morgan fingerprint density at radius 2 is 2.06 bits per heavy atom. The minimum atomic E-state index is -0.201. The van der Waals surface area contributed by atoms with Crippen LogP contribution in [0.3, 0.4) is 0 Å². The molecule has 0 aliphatic carbocycles. The molecule has 8 nitrogen and oxygen atoms in total. The van der Waals surface area contributed by atoms with E-state index in [9.17, 15) is 4.79 Å². The van der Waals surface area contributed by atoms with Gasteiger partial charge in [-0.1, -0.05) is 17.3 Å². The number of nitrogens with zero attached hydrogens (tertiary/aromatic N) is 5. The number of amides is 1. The second-order valence-corrected chi connectivity index (χ2v) is 7.91. The largest absolute Gasteiger partial charge is 0.496 e. The first-order valence-electron chi connectivity index (χ1n) is 10.4. The zero-order chi connectivity index (χ0) is 22.0. The summed E-state index contributed by atoms with van der Waals surface area (Å²) in [6, 6.07) is 9.00. The molecule has 0 N–H and O–H groups in total. The molecule has 1 aliphatic rings. The van der Waals surface area contributed by atoms with Crippen LogP contribution in [0.2, 0.25) is 0 Å². The summed E-state index contributed by atoms with van der Waals surface area (Å²) in [5.74, 6) is 1.70. The van der Waals surface area contributed by atoms with Gasteiger partial charge in [0.15, 0.2) is 5.76 Å². The molecule has 0 radical (unpaired) electrons. The van der Waals surface area contributed by atoms with Crippen LogP contribution in [0.5, 0.6) is 5.75 Å². The van der Waals surface area contributed by atoms with Crippen molar-refractivity contribution >= 4 is 11.9 Å². The molecule has 3 aromatic rings. The van der Waals surface area contributed by atoms with Crippen LogP contribution in [-0.4, -0.2) is 53.7 Å². The van der Waals surface area contributed by atoms with Crippen molar-refractivity contribution in [1.82, 2.24) is 20.0 Å². The maximum atomic E-state index is 13.6. The number of benzene rings is 1. The van der Waals surface area contributed by atoms with Crippen molar-refractivity contribution in [2.75, 3.05) is 32.6 Å². The number of aromatic nitrogens is 3. The molecule has 1 atom stereocenters. The van der Waals surface area contributed by atoms with Gasteiger partial charge in [-0.25, -0.2) is 9.97 Å². The predicted molar refractivity (Wildman–Crippen MR) is 117 cm³/mol. The number of piperidine rings is 1. The average molecular weight is 422 g/mol. The molecule has 162 valence electrons. The zero-order valence-corrected chi connectivity index (χ0v) is 18.3. The summed E-state index contributed by atoms with van der Waals surface area (Å²) < 4.78 is 11.0. The Labute approximate surface area is 181 Å². The lowest BCUT2D eigenvalue weighted by molar-refractivity contribution is 0.0603. The fraction of sp³-hybridized carbons (Fsp3) is 0.391. The van der Waals surface area contributed by atoms with E-state index < -0.39 is 0 Å². The molecule has 8 heteroatoms. The Morgan fingerprint density at radius 3 is 2.77 bits per heavy atom. The van der Waals surface area contributed by atoms with E-state index in [0.717, 1.165) is 36.2 Å². The molecular weight excluding hydrogens is 394 g/mol. The van der Waals surface area contributed by atoms with E-state index in [4.69, 9.17) is 14.2 Å². The van der Waals surface area contributed by atoms with Crippen molar-refractivity contribution in [3.05, 3.63) is 53.5 Å². The third-order valence-corrected chi connectivity index (χ3v) is 5.52. The van der Waals surface area contributed by atoms with Gasteiger partial charge in [-0.05, 0) is 38.3 Å². The van der Waals surface area contributed by atoms with E-state index in [-0.39, 0.29) is 11.9 Å². The number of anilines is 1. The number of aryl methyl sites for hydroxylation is 1. The fourth-order valence-corrected chi connectivity index (χ4v) is 3.97. The molecule has 0 spiro atoms. The standard InChI is InChI=1S/C23H27N5O3/c1-15-13-20(31-26-15)17-14-24-23(27(2)3)25-21(17)18-10-7-8-12-28(18)22(29)16-9-5-6-11-19(16)30-4/h5-6,9,11,13-14,18H,7-8,10,12H2,1-4H3. The van der Waals surface area contributed by atoms with Crippen molar-refractivity contribution in [3.63, 3.8) is 0 Å². The summed E-state index contributed by atoms with van der Waals surface area (Å²) in [6.07, 6.45) is 4.53. The number of para-hydroxylation sites is 1. The topological polar surface area (TPSA) is 84.6 Å². The van der Waals surface area contributed by atoms with Crippen molar-refractivity contribution in [1.29, 1.82) is 0 Å². The van der Waals surface area contributed by atoms with E-state index >= 15 is 0 Å². The second-order valence-electron chi connectivity index (χ2n) is 7.91. The molecule has 3 heterocycles. The predicted octanol–water partition coefficient (Wildman–Crippen LogP) is 3.88. The molecule has 1 amide bonds. The van der Waals surface area contributed by atoms with Gasteiger partial charge >= 0.3 is 0 Å². The highest BCUT2D eigenvalue weighted by atomic mass is 16.5. The second kappa shape index (κ2) is 8.75. The molecule has 0 saturated carbocycles. The first-order chi connectivity index (χ1) is 15.0. The highest BCUT2D eigenvalue weighted by molar-refractivity contribution is 5.97. The van der Waals surface area contributed by atoms with Gasteiger partial charge < -0.3 is 19.1 Å². The Hall–Kier alpha value is -3.42. The van der Waals surface area contributed by atoms with E-state index in [1.54, 1.807) is 19.4 Å². The quantitative estimate of drug-likeness (QED) is 0.618. The first-order valence-corrected chi connectivity index (χ1v) is 10.4. The summed E-state index contributed by atoms with van der Waals surface area (Å²) in [5.41, 5.74) is 2.87. The van der Waals surface area contributed by atoms with Gasteiger partial charge in [0.1, 0.15) is 5.75 Å². The van der Waals surface area contributed by atoms with Crippen molar-refractivity contribution in [2.24, 2.45) is 0 Å². The van der Waals surface area contributed by atoms with Gasteiger partial charge in [-0.2, -0.15) is 0 Å². The highest BCUT2D eigenvalue weighted by Crippen LogP contribution is 2.38. The number of hydrogen-bond donors (Lipinski definition) is 0. The van der Waals surface area contributed by atoms with Crippen LogP contribution >= 0.6 is 0 Å². The molecule has 4 rings (SSSR count). The van der Waals surface area contributed by atoms with E-state index in [1.165, 1.54) is 0 Å². The van der Waals surface area contributed by atoms with E-state index in [2.05, 4.69) is 10.1 Å². The van der Waals surface area contributed by atoms with Gasteiger partial charge in [0.25, 0.3) is 5.91 Å². The molecule has 2 aromatic heterocycles. The SMILES string of the molecule is COc1ccccc1C(=O)N1CCCCC1c1nc(N(C)C)ncc1-c1cc(C)no1. The fourth-order valence-electron chi connectivity index (χ4n) is 3.97. The Bertz CT molecular complexity index is 1080. The number of carbonyl (C=O) groups excluding carboxylic acids is 1. The Balaban J connectivity index is 1.80. The molecule has 1 unspecified atom stereocenters. The van der Waals surface area contributed by atoms with Gasteiger partial charge in [-0.3, -0.25) is 4.79 Å². The lowest BCUT2D eigenvalue weighted by Gasteiger charge is -2.36. The molecule has 1 saturated heterocycles. The lowest BCUT2D eigenvalue weighted by atomic mass is 9.94. The van der Waals surface area contributed by atoms with E-state index in [0.29, 0.717) is 29.6 Å². The molecule has 0 bridgehead atoms. The number of hydrogen-bond acceptors (Lipinski definition) is 7. The maximum Gasteiger partial charge on any atom is 0.258 e. The molecule has 1 aromatic carbocycles. The molecule has 1 fully saturated rings. The number of ether oxygens (including phenoxy) is 1. The van der Waals surface area contributed by atoms with Crippen LogP contribution in [-0.2, 0) is 0 Å². The van der Waals surface area contributed by atoms with Crippen molar-refractivity contribution in [2.45, 2.75) is 32.2 Å². The van der Waals surface area contributed by atoms with Crippen LogP contribution in [0, 0.1) is 6.92 Å². The molecular formula is C23H27N5O3. The van der Waals surface area contributed by atoms with Crippen LogP contribution in [0.25, 0.3) is 11.3 Å². The number of carbonyl (C=O) groups is 1. The maximum absolute atomic E-state index is 13.6. The smallest absolute Gasteiger partial charge is 0.258 e. The van der Waals surface area contributed by atoms with Crippen LogP contribution < -0.4 is 9.64 Å². The third-order valence-electron chi connectivity index (χ3n) is 5.52. The van der Waals surface area contributed by atoms with Crippen LogP contribution in [0.4, 0.5) is 5.95 Å². The number of rotatable bonds is 5. The normalized spacial score (nSPS) is 16.3. The van der Waals surface area contributed by atoms with E-state index in [1.807, 2.05) is 55.1 Å². The first kappa shape index (κ1) is 20.8. The third kappa shape index (κ3) is 4.10. The highest BCUT2D eigenvalue weighted by Gasteiger charge is 2.33. The van der Waals surface area contributed by atoms with Gasteiger partial charge in [0, 0.05) is 32.9 Å². The van der Waals surface area contributed by atoms with Crippen LogP contribution in [0.1, 0.15) is 47.1 Å². The summed E-state index contributed by atoms with van der Waals surface area (Å²) in [6.45, 7) is 2.53. The molecule has 31 heavy (non-hydrogen) atoms. The Kier molecular flexibility index (Phi) is 5.88. The summed E-state index contributed by atoms with van der Waals surface area (Å²) in [7, 11) is 5.38. The van der Waals surface area contributed by atoms with Crippen LogP contribution in [0.15, 0.2) is 41.1 Å². The van der Waals surface area contributed by atoms with Crippen molar-refractivity contribution in [3.8, 4) is 17.1 Å². The summed E-state index contributed by atoms with van der Waals surface area (Å²) in [4.78, 5) is 26.7. The Morgan fingerprint density at radius 1 is 1.26 bits per heavy atom. The monoisotopic (exact) mass is 421 g/mol. The zero-order valence-electron chi connectivity index (χ0n) is 18.3. The van der Waals surface area contributed by atoms with Crippen molar-refractivity contribution < 1.29 is 14.1 Å². The van der Waals surface area contributed by atoms with Gasteiger partial charge in [-0.15, -0.1) is 0 Å². The summed E-state index contributed by atoms with van der Waals surface area (Å²) >= 11 is 0. The lowest BCUT2D eigenvalue weighted by Crippen LogP contribution is -2.39. The molecule has 1 aliphatic heterocycles. The summed E-state index contributed by atoms with van der Waals surface area (Å²) in [5, 5.41) is 4.02.